The van der Waals surface area contributed by atoms with Crippen molar-refractivity contribution in [3.8, 4) is 0 Å². The Hall–Kier alpha value is 0.100. The second kappa shape index (κ2) is 1.70. The van der Waals surface area contributed by atoms with Crippen molar-refractivity contribution in [3.05, 3.63) is 0 Å². The van der Waals surface area contributed by atoms with Crippen LogP contribution in [-0.4, -0.2) is 5.66 Å². The van der Waals surface area contributed by atoms with Crippen molar-refractivity contribution in [2.24, 2.45) is 0 Å². The third-order valence-corrected chi connectivity index (χ3v) is 2.04. The molecule has 0 amide bonds. The van der Waals surface area contributed by atoms with Crippen LogP contribution in [0, 0.1) is 0 Å². The molecule has 0 aromatic carbocycles. The van der Waals surface area contributed by atoms with Crippen molar-refractivity contribution in [3.63, 3.8) is 0 Å². The maximum atomic E-state index is 9.88. The van der Waals surface area contributed by atoms with Crippen molar-refractivity contribution in [2.75, 3.05) is 0 Å². The van der Waals surface area contributed by atoms with Crippen LogP contribution < -0.4 is 0 Å². The second-order valence-electron chi connectivity index (χ2n) is 1.69. The molecule has 1 nitrogen and oxygen atoms in total. The fourth-order valence-corrected chi connectivity index (χ4v) is 1.07. The van der Waals surface area contributed by atoms with E-state index in [1.165, 1.54) is 19.3 Å². The van der Waals surface area contributed by atoms with Gasteiger partial charge >= 0.3 is 0 Å². The van der Waals surface area contributed by atoms with Crippen LogP contribution in [0.2, 0.25) is 0 Å². The fraction of sp³-hybridized carbons (Fsp3) is 1.00. The first-order valence-electron chi connectivity index (χ1n) is 2.26. The van der Waals surface area contributed by atoms with Gasteiger partial charge in [-0.1, -0.05) is 6.42 Å². The number of rotatable bonds is 1. The summed E-state index contributed by atoms with van der Waals surface area (Å²) in [5, 5.41) is 0. The first-order chi connectivity index (χ1) is 2.93. The molecule has 6 heavy (non-hydrogen) atoms. The summed E-state index contributed by atoms with van der Waals surface area (Å²) >= 11 is 0. The third-order valence-electron chi connectivity index (χ3n) is 1.22. The predicted molar refractivity (Wildman–Crippen MR) is 25.2 cm³/mol. The third kappa shape index (κ3) is 0.601. The Bertz CT molecular complexity index is 58.6. The summed E-state index contributed by atoms with van der Waals surface area (Å²) < 4.78 is 9.88. The fourth-order valence-electron chi connectivity index (χ4n) is 0.492. The molecule has 1 rings (SSSR count). The van der Waals surface area contributed by atoms with E-state index < -0.39 is 0 Å². The average Bonchev–Trinajstić information content (AvgIpc) is 1.31. The smallest absolute Gasteiger partial charge is 0.158 e. The zero-order valence-electron chi connectivity index (χ0n) is 3.55. The Morgan fingerprint density at radius 3 is 2.17 bits per heavy atom. The summed E-state index contributed by atoms with van der Waals surface area (Å²) in [6.45, 7) is 0. The summed E-state index contributed by atoms with van der Waals surface area (Å²) in [7, 11) is 0.365. The van der Waals surface area contributed by atoms with E-state index in [-0.39, 0.29) is 0 Å². The Morgan fingerprint density at radius 1 is 1.50 bits per heavy atom. The molecular weight excluding hydrogens is 95.0 g/mol. The van der Waals surface area contributed by atoms with Crippen molar-refractivity contribution in [2.45, 2.75) is 24.9 Å². The van der Waals surface area contributed by atoms with Gasteiger partial charge in [-0.3, -0.25) is 4.57 Å². The zero-order valence-corrected chi connectivity index (χ0v) is 4.45. The van der Waals surface area contributed by atoms with Crippen molar-refractivity contribution in [1.82, 2.24) is 0 Å². The highest BCUT2D eigenvalue weighted by molar-refractivity contribution is 7.24. The first kappa shape index (κ1) is 4.26. The highest BCUT2D eigenvalue weighted by atomic mass is 31.1. The molecule has 1 saturated carbocycles. The van der Waals surface area contributed by atoms with Gasteiger partial charge < -0.3 is 0 Å². The van der Waals surface area contributed by atoms with E-state index in [4.69, 9.17) is 0 Å². The van der Waals surface area contributed by atoms with Crippen molar-refractivity contribution >= 4 is 8.46 Å². The van der Waals surface area contributed by atoms with Crippen molar-refractivity contribution < 1.29 is 4.57 Å². The lowest BCUT2D eigenvalue weighted by molar-refractivity contribution is 0.495. The largest absolute Gasteiger partial charge is 0.275 e. The minimum atomic E-state index is 0.365. The summed E-state index contributed by atoms with van der Waals surface area (Å²) in [4.78, 5) is 0. The van der Waals surface area contributed by atoms with Gasteiger partial charge in [0.25, 0.3) is 0 Å². The molecule has 0 saturated heterocycles. The molecule has 0 spiro atoms. The lowest BCUT2D eigenvalue weighted by Gasteiger charge is -2.16. The summed E-state index contributed by atoms with van der Waals surface area (Å²) in [6, 6.07) is 0. The van der Waals surface area contributed by atoms with Crippen LogP contribution in [0.25, 0.3) is 0 Å². The molecule has 1 aliphatic rings. The molecule has 0 aromatic rings. The molecule has 0 bridgehead atoms. The van der Waals surface area contributed by atoms with Gasteiger partial charge in [-0.2, -0.15) is 0 Å². The van der Waals surface area contributed by atoms with E-state index in [1.54, 1.807) is 0 Å². The molecule has 0 aliphatic heterocycles. The van der Waals surface area contributed by atoms with Crippen molar-refractivity contribution in [1.29, 1.82) is 0 Å². The van der Waals surface area contributed by atoms with E-state index >= 15 is 0 Å². The predicted octanol–water partition coefficient (Wildman–Crippen LogP) is 1.83. The lowest BCUT2D eigenvalue weighted by atomic mass is 10.00. The number of hydrogen-bond acceptors (Lipinski definition) is 1. The Labute approximate surface area is 38.9 Å². The monoisotopic (exact) mass is 102 g/mol. The highest BCUT2D eigenvalue weighted by Gasteiger charge is 2.16. The van der Waals surface area contributed by atoms with Crippen LogP contribution in [0.5, 0.6) is 0 Å². The van der Waals surface area contributed by atoms with Crippen LogP contribution in [-0.2, 0) is 4.57 Å². The summed E-state index contributed by atoms with van der Waals surface area (Å²) in [5.74, 6) is 0. The molecule has 0 heterocycles. The van der Waals surface area contributed by atoms with Gasteiger partial charge in [0.15, 0.2) is 8.46 Å². The molecule has 0 unspecified atom stereocenters. The molecule has 1 fully saturated rings. The van der Waals surface area contributed by atoms with Gasteiger partial charge in [0.2, 0.25) is 0 Å². The minimum absolute atomic E-state index is 0.365. The van der Waals surface area contributed by atoms with E-state index in [1.807, 2.05) is 0 Å². The Kier molecular flexibility index (Phi) is 1.21. The topological polar surface area (TPSA) is 17.1 Å². The maximum absolute atomic E-state index is 9.88. The molecule has 0 radical (unpaired) electrons. The van der Waals surface area contributed by atoms with Gasteiger partial charge in [0.1, 0.15) is 0 Å². The van der Waals surface area contributed by atoms with E-state index in [2.05, 4.69) is 0 Å². The molecule has 1 aliphatic carbocycles. The summed E-state index contributed by atoms with van der Waals surface area (Å²) in [6.07, 6.45) is 3.66. The van der Waals surface area contributed by atoms with Crippen LogP contribution in [0.1, 0.15) is 19.3 Å². The quantitative estimate of drug-likeness (QED) is 0.461. The van der Waals surface area contributed by atoms with Gasteiger partial charge in [-0.15, -0.1) is 0 Å². The standard InChI is InChI=1S/C4H7OP/c5-6-4-2-1-3-4/h4H,1-3H2. The Balaban J connectivity index is 2.16. The van der Waals surface area contributed by atoms with Crippen LogP contribution in [0.3, 0.4) is 0 Å². The van der Waals surface area contributed by atoms with E-state index in [0.717, 1.165) is 0 Å². The normalized spacial score (nSPS) is 24.0. The van der Waals surface area contributed by atoms with Gasteiger partial charge in [-0.05, 0) is 12.8 Å². The Morgan fingerprint density at radius 2 is 2.17 bits per heavy atom. The lowest BCUT2D eigenvalue weighted by Crippen LogP contribution is -2.08. The molecular formula is C4H7OP. The second-order valence-corrected chi connectivity index (χ2v) is 2.63. The average molecular weight is 102 g/mol. The van der Waals surface area contributed by atoms with Gasteiger partial charge in [0, 0.05) is 5.66 Å². The van der Waals surface area contributed by atoms with Crippen LogP contribution in [0.4, 0.5) is 0 Å². The molecule has 0 aromatic heterocycles. The van der Waals surface area contributed by atoms with Gasteiger partial charge in [-0.25, -0.2) is 0 Å². The maximum Gasteiger partial charge on any atom is 0.158 e. The highest BCUT2D eigenvalue weighted by Crippen LogP contribution is 2.28. The van der Waals surface area contributed by atoms with Crippen LogP contribution >= 0.6 is 8.46 Å². The molecule has 0 atom stereocenters. The number of hydrogen-bond donors (Lipinski definition) is 0. The van der Waals surface area contributed by atoms with Gasteiger partial charge in [0.05, 0.1) is 0 Å². The summed E-state index contributed by atoms with van der Waals surface area (Å²) in [5.41, 5.74) is 0.532. The first-order valence-corrected chi connectivity index (χ1v) is 3.14. The molecule has 2 heteroatoms. The minimum Gasteiger partial charge on any atom is -0.275 e. The molecule has 34 valence electrons. The van der Waals surface area contributed by atoms with E-state index in [9.17, 15) is 4.57 Å². The SMILES string of the molecule is O=PC1CCC1. The zero-order chi connectivity index (χ0) is 4.41. The van der Waals surface area contributed by atoms with Crippen LogP contribution in [0.15, 0.2) is 0 Å². The van der Waals surface area contributed by atoms with E-state index in [0.29, 0.717) is 14.1 Å². The molecule has 0 N–H and O–H groups in total.